The van der Waals surface area contributed by atoms with Gasteiger partial charge in [-0.05, 0) is 70.4 Å². The van der Waals surface area contributed by atoms with E-state index in [2.05, 4.69) is 65.4 Å². The van der Waals surface area contributed by atoms with Crippen molar-refractivity contribution < 1.29 is 8.85 Å². The summed E-state index contributed by atoms with van der Waals surface area (Å²) in [6.45, 7) is 22.3. The summed E-state index contributed by atoms with van der Waals surface area (Å²) in [5, 5.41) is 0. The van der Waals surface area contributed by atoms with Crippen LogP contribution in [-0.4, -0.2) is 31.3 Å². The number of allylic oxidation sites excluding steroid dienone is 1. The molecule has 150 valence electrons. The molecule has 0 aliphatic rings. The van der Waals surface area contributed by atoms with Crippen LogP contribution in [0.5, 0.6) is 0 Å². The van der Waals surface area contributed by atoms with Gasteiger partial charge in [-0.15, -0.1) is 0 Å². The van der Waals surface area contributed by atoms with E-state index in [1.807, 2.05) is 6.26 Å². The van der Waals surface area contributed by atoms with Gasteiger partial charge in [0.05, 0.1) is 6.26 Å². The molecule has 0 saturated carbocycles. The van der Waals surface area contributed by atoms with Crippen molar-refractivity contribution in [3.8, 4) is 0 Å². The lowest BCUT2D eigenvalue weighted by Crippen LogP contribution is -2.31. The largest absolute Gasteiger partial charge is 0.550 e. The molecular formula is C20H46O2Si3. The molecule has 0 radical (unpaired) electrons. The summed E-state index contributed by atoms with van der Waals surface area (Å²) in [6.07, 6.45) is 10.4. The van der Waals surface area contributed by atoms with Crippen molar-refractivity contribution in [2.45, 2.75) is 103 Å². The monoisotopic (exact) mass is 402 g/mol. The topological polar surface area (TPSA) is 18.5 Å². The quantitative estimate of drug-likeness (QED) is 0.170. The maximum Gasteiger partial charge on any atom is 0.244 e. The number of rotatable bonds is 14. The molecule has 0 rings (SSSR count). The smallest absolute Gasteiger partial charge is 0.244 e. The molecule has 0 aromatic rings. The van der Waals surface area contributed by atoms with Gasteiger partial charge in [-0.2, -0.15) is 0 Å². The van der Waals surface area contributed by atoms with Crippen LogP contribution in [0.25, 0.3) is 0 Å². The fourth-order valence-corrected chi connectivity index (χ4v) is 7.54. The average molecular weight is 403 g/mol. The number of hydrogen-bond acceptors (Lipinski definition) is 2. The first kappa shape index (κ1) is 25.2. The maximum atomic E-state index is 6.16. The van der Waals surface area contributed by atoms with Gasteiger partial charge >= 0.3 is 0 Å². The van der Waals surface area contributed by atoms with Gasteiger partial charge in [0, 0.05) is 14.7 Å². The minimum Gasteiger partial charge on any atom is -0.550 e. The van der Waals surface area contributed by atoms with E-state index >= 15 is 0 Å². The Hall–Kier alpha value is 0.151. The minimum atomic E-state index is -1.58. The molecule has 0 bridgehead atoms. The number of hydrogen-bond donors (Lipinski definition) is 0. The van der Waals surface area contributed by atoms with Gasteiger partial charge in [0.1, 0.15) is 0 Å². The Morgan fingerprint density at radius 1 is 0.920 bits per heavy atom. The molecule has 0 N–H and O–H groups in total. The van der Waals surface area contributed by atoms with Crippen LogP contribution in [0.3, 0.4) is 0 Å². The van der Waals surface area contributed by atoms with Crippen molar-refractivity contribution in [3.05, 3.63) is 12.3 Å². The normalized spacial score (nSPS) is 14.9. The third-order valence-electron chi connectivity index (χ3n) is 4.32. The summed E-state index contributed by atoms with van der Waals surface area (Å²) < 4.78 is 12.3. The Balaban J connectivity index is 4.44. The van der Waals surface area contributed by atoms with Gasteiger partial charge in [0.25, 0.3) is 0 Å². The molecule has 0 aliphatic heterocycles. The Kier molecular flexibility index (Phi) is 11.8. The van der Waals surface area contributed by atoms with Crippen LogP contribution in [0.2, 0.25) is 64.5 Å². The van der Waals surface area contributed by atoms with E-state index in [0.717, 1.165) is 18.9 Å². The Morgan fingerprint density at radius 2 is 1.56 bits per heavy atom. The molecule has 5 heteroatoms. The van der Waals surface area contributed by atoms with Crippen molar-refractivity contribution in [2.75, 3.05) is 6.61 Å². The Morgan fingerprint density at radius 3 is 2.08 bits per heavy atom. The van der Waals surface area contributed by atoms with E-state index in [-0.39, 0.29) is 0 Å². The molecule has 0 spiro atoms. The van der Waals surface area contributed by atoms with Crippen molar-refractivity contribution in [1.82, 2.24) is 0 Å². The van der Waals surface area contributed by atoms with Crippen LogP contribution in [0.15, 0.2) is 12.3 Å². The standard InChI is InChI=1S/C20H46O2Si3/c1-10-11-12-13-16-22-25(8,9)18-15-20(19-23(2,3)4)14-17-21-24(5,6)7/h13,16,20H,10-12,14-15,17-19H2,1-9H3/b16-13+. The predicted octanol–water partition coefficient (Wildman–Crippen LogP) is 7.50. The molecule has 0 fully saturated rings. The first-order chi connectivity index (χ1) is 11.3. The molecule has 0 aliphatic carbocycles. The summed E-state index contributed by atoms with van der Waals surface area (Å²) in [5.74, 6) is 0.808. The zero-order chi connectivity index (χ0) is 19.6. The molecule has 0 heterocycles. The first-order valence-corrected chi connectivity index (χ1v) is 20.5. The zero-order valence-electron chi connectivity index (χ0n) is 18.7. The molecule has 0 amide bonds. The number of unbranched alkanes of at least 4 members (excludes halogenated alkanes) is 2. The molecule has 1 atom stereocenters. The highest BCUT2D eigenvalue weighted by atomic mass is 28.4. The van der Waals surface area contributed by atoms with Gasteiger partial charge in [-0.1, -0.05) is 45.1 Å². The lowest BCUT2D eigenvalue weighted by molar-refractivity contribution is 0.274. The predicted molar refractivity (Wildman–Crippen MR) is 122 cm³/mol. The summed E-state index contributed by atoms with van der Waals surface area (Å²) in [6, 6.07) is 2.67. The van der Waals surface area contributed by atoms with Crippen LogP contribution < -0.4 is 0 Å². The van der Waals surface area contributed by atoms with E-state index in [0.29, 0.717) is 0 Å². The van der Waals surface area contributed by atoms with Crippen molar-refractivity contribution in [1.29, 1.82) is 0 Å². The van der Waals surface area contributed by atoms with Crippen LogP contribution >= 0.6 is 0 Å². The molecule has 25 heavy (non-hydrogen) atoms. The fourth-order valence-electron chi connectivity index (χ4n) is 2.98. The highest BCUT2D eigenvalue weighted by Gasteiger charge is 2.27. The van der Waals surface area contributed by atoms with Crippen LogP contribution in [0, 0.1) is 5.92 Å². The van der Waals surface area contributed by atoms with Gasteiger partial charge in [0.2, 0.25) is 8.32 Å². The Bertz CT molecular complexity index is 368. The third-order valence-corrected chi connectivity index (χ3v) is 9.46. The summed E-state index contributed by atoms with van der Waals surface area (Å²) in [7, 11) is -4.00. The zero-order valence-corrected chi connectivity index (χ0v) is 21.7. The second-order valence-corrected chi connectivity index (χ2v) is 24.6. The van der Waals surface area contributed by atoms with Crippen molar-refractivity contribution in [3.63, 3.8) is 0 Å². The van der Waals surface area contributed by atoms with E-state index in [1.54, 1.807) is 0 Å². The van der Waals surface area contributed by atoms with Crippen LogP contribution in [0.4, 0.5) is 0 Å². The van der Waals surface area contributed by atoms with E-state index in [4.69, 9.17) is 8.85 Å². The van der Waals surface area contributed by atoms with Gasteiger partial charge in [-0.25, -0.2) is 0 Å². The van der Waals surface area contributed by atoms with Crippen molar-refractivity contribution in [2.24, 2.45) is 5.92 Å². The second kappa shape index (κ2) is 11.8. The summed E-state index contributed by atoms with van der Waals surface area (Å²) in [4.78, 5) is 0. The van der Waals surface area contributed by atoms with Gasteiger partial charge in [0.15, 0.2) is 8.32 Å². The van der Waals surface area contributed by atoms with E-state index < -0.39 is 24.7 Å². The van der Waals surface area contributed by atoms with Crippen LogP contribution in [0.1, 0.15) is 39.0 Å². The van der Waals surface area contributed by atoms with Gasteiger partial charge in [-0.3, -0.25) is 0 Å². The SMILES string of the molecule is CCCC/C=C/O[Si](C)(C)CCC(CCO[Si](C)(C)C)C[Si](C)(C)C. The highest BCUT2D eigenvalue weighted by molar-refractivity contribution is 6.76. The lowest BCUT2D eigenvalue weighted by Gasteiger charge is -2.29. The molecule has 0 aromatic heterocycles. The van der Waals surface area contributed by atoms with Gasteiger partial charge < -0.3 is 8.85 Å². The van der Waals surface area contributed by atoms with Crippen molar-refractivity contribution >= 4 is 24.7 Å². The fraction of sp³-hybridized carbons (Fsp3) is 0.900. The minimum absolute atomic E-state index is 0.808. The Labute approximate surface area is 162 Å². The van der Waals surface area contributed by atoms with Crippen LogP contribution in [-0.2, 0) is 8.85 Å². The molecule has 1 unspecified atom stereocenters. The molecule has 2 nitrogen and oxygen atoms in total. The van der Waals surface area contributed by atoms with E-state index in [9.17, 15) is 0 Å². The lowest BCUT2D eigenvalue weighted by atomic mass is 10.1. The maximum absolute atomic E-state index is 6.16. The average Bonchev–Trinajstić information content (AvgIpc) is 2.41. The highest BCUT2D eigenvalue weighted by Crippen LogP contribution is 2.28. The first-order valence-electron chi connectivity index (χ1n) is 10.3. The van der Waals surface area contributed by atoms with E-state index in [1.165, 1.54) is 37.8 Å². The second-order valence-electron chi connectivity index (χ2n) is 10.3. The third kappa shape index (κ3) is 17.3. The summed E-state index contributed by atoms with van der Waals surface area (Å²) in [5.41, 5.74) is 0. The molecule has 0 aromatic carbocycles. The summed E-state index contributed by atoms with van der Waals surface area (Å²) >= 11 is 0. The molecule has 0 saturated heterocycles. The molecular weight excluding hydrogens is 356 g/mol.